The van der Waals surface area contributed by atoms with Gasteiger partial charge in [0.1, 0.15) is 0 Å². The van der Waals surface area contributed by atoms with Crippen molar-refractivity contribution in [3.05, 3.63) is 41.0 Å². The summed E-state index contributed by atoms with van der Waals surface area (Å²) in [4.78, 5) is 4.44. The van der Waals surface area contributed by atoms with E-state index >= 15 is 0 Å². The standard InChI is InChI=1S/C13H19N5/c1-4-5-18-11(8-16-17-18)12(14)13-10(3)6-9(2)7-15-13/h6-8,12H,4-5,14H2,1-3H3. The highest BCUT2D eigenvalue weighted by atomic mass is 15.4. The van der Waals surface area contributed by atoms with E-state index in [0.29, 0.717) is 0 Å². The number of nitrogens with two attached hydrogens (primary N) is 1. The summed E-state index contributed by atoms with van der Waals surface area (Å²) in [5, 5.41) is 8.00. The lowest BCUT2D eigenvalue weighted by atomic mass is 10.0. The van der Waals surface area contributed by atoms with E-state index in [4.69, 9.17) is 5.73 Å². The number of rotatable bonds is 4. The monoisotopic (exact) mass is 245 g/mol. The van der Waals surface area contributed by atoms with E-state index in [9.17, 15) is 0 Å². The van der Waals surface area contributed by atoms with Gasteiger partial charge in [0.15, 0.2) is 0 Å². The zero-order valence-electron chi connectivity index (χ0n) is 11.1. The predicted molar refractivity (Wildman–Crippen MR) is 70.1 cm³/mol. The van der Waals surface area contributed by atoms with Crippen LogP contribution in [0.1, 0.15) is 41.9 Å². The molecule has 5 heteroatoms. The van der Waals surface area contributed by atoms with Gasteiger partial charge in [-0.15, -0.1) is 5.10 Å². The van der Waals surface area contributed by atoms with Gasteiger partial charge in [-0.05, 0) is 31.4 Å². The molecule has 0 radical (unpaired) electrons. The summed E-state index contributed by atoms with van der Waals surface area (Å²) in [5.41, 5.74) is 10.3. The Kier molecular flexibility index (Phi) is 3.72. The van der Waals surface area contributed by atoms with E-state index in [-0.39, 0.29) is 6.04 Å². The third-order valence-corrected chi connectivity index (χ3v) is 2.95. The van der Waals surface area contributed by atoms with Gasteiger partial charge < -0.3 is 5.73 Å². The Morgan fingerprint density at radius 1 is 1.33 bits per heavy atom. The summed E-state index contributed by atoms with van der Waals surface area (Å²) in [6.07, 6.45) is 4.57. The third kappa shape index (κ3) is 2.41. The van der Waals surface area contributed by atoms with Gasteiger partial charge >= 0.3 is 0 Å². The van der Waals surface area contributed by atoms with Crippen molar-refractivity contribution in [2.24, 2.45) is 5.73 Å². The molecule has 2 N–H and O–H groups in total. The van der Waals surface area contributed by atoms with Crippen LogP contribution in [0.4, 0.5) is 0 Å². The molecule has 18 heavy (non-hydrogen) atoms. The van der Waals surface area contributed by atoms with Crippen molar-refractivity contribution >= 4 is 0 Å². The second kappa shape index (κ2) is 5.27. The van der Waals surface area contributed by atoms with Crippen LogP contribution in [-0.4, -0.2) is 20.0 Å². The largest absolute Gasteiger partial charge is 0.318 e. The Morgan fingerprint density at radius 3 is 2.78 bits per heavy atom. The summed E-state index contributed by atoms with van der Waals surface area (Å²) in [5.74, 6) is 0. The van der Waals surface area contributed by atoms with Crippen LogP contribution in [0.5, 0.6) is 0 Å². The van der Waals surface area contributed by atoms with Gasteiger partial charge in [0.2, 0.25) is 0 Å². The minimum Gasteiger partial charge on any atom is -0.318 e. The molecule has 2 aromatic heterocycles. The molecule has 96 valence electrons. The molecule has 2 heterocycles. The summed E-state index contributed by atoms with van der Waals surface area (Å²) in [7, 11) is 0. The maximum Gasteiger partial charge on any atom is 0.0916 e. The fraction of sp³-hybridized carbons (Fsp3) is 0.462. The molecule has 0 bridgehead atoms. The number of pyridine rings is 1. The average Bonchev–Trinajstić information content (AvgIpc) is 2.77. The maximum atomic E-state index is 6.28. The SMILES string of the molecule is CCCn1nncc1C(N)c1ncc(C)cc1C. The van der Waals surface area contributed by atoms with Gasteiger partial charge in [-0.25, -0.2) is 4.68 Å². The van der Waals surface area contributed by atoms with Crippen molar-refractivity contribution in [2.75, 3.05) is 0 Å². The highest BCUT2D eigenvalue weighted by molar-refractivity contribution is 5.29. The first-order chi connectivity index (χ1) is 8.63. The van der Waals surface area contributed by atoms with Crippen LogP contribution < -0.4 is 5.73 Å². The van der Waals surface area contributed by atoms with E-state index in [1.807, 2.05) is 24.7 Å². The van der Waals surface area contributed by atoms with E-state index in [1.165, 1.54) is 0 Å². The van der Waals surface area contributed by atoms with Gasteiger partial charge in [0.05, 0.1) is 23.6 Å². The summed E-state index contributed by atoms with van der Waals surface area (Å²) in [6, 6.07) is 1.82. The molecular weight excluding hydrogens is 226 g/mol. The molecular formula is C13H19N5. The zero-order chi connectivity index (χ0) is 13.1. The maximum absolute atomic E-state index is 6.28. The first-order valence-electron chi connectivity index (χ1n) is 6.20. The fourth-order valence-corrected chi connectivity index (χ4v) is 2.08. The topological polar surface area (TPSA) is 69.6 Å². The second-order valence-electron chi connectivity index (χ2n) is 4.57. The van der Waals surface area contributed by atoms with Crippen molar-refractivity contribution in [1.82, 2.24) is 20.0 Å². The van der Waals surface area contributed by atoms with E-state index in [2.05, 4.69) is 28.3 Å². The van der Waals surface area contributed by atoms with Gasteiger partial charge in [-0.2, -0.15) is 0 Å². The molecule has 1 unspecified atom stereocenters. The molecule has 0 saturated heterocycles. The van der Waals surface area contributed by atoms with Crippen LogP contribution in [0.15, 0.2) is 18.5 Å². The summed E-state index contributed by atoms with van der Waals surface area (Å²) in [6.45, 7) is 6.99. The van der Waals surface area contributed by atoms with Crippen molar-refractivity contribution in [1.29, 1.82) is 0 Å². The number of nitrogens with zero attached hydrogens (tertiary/aromatic N) is 4. The number of hydrogen-bond donors (Lipinski definition) is 1. The Balaban J connectivity index is 2.35. The van der Waals surface area contributed by atoms with E-state index in [0.717, 1.165) is 35.5 Å². The molecule has 0 aromatic carbocycles. The fourth-order valence-electron chi connectivity index (χ4n) is 2.08. The predicted octanol–water partition coefficient (Wildman–Crippen LogP) is 1.75. The van der Waals surface area contributed by atoms with Crippen molar-refractivity contribution in [3.8, 4) is 0 Å². The normalized spacial score (nSPS) is 12.7. The van der Waals surface area contributed by atoms with Crippen LogP contribution in [0.25, 0.3) is 0 Å². The van der Waals surface area contributed by atoms with Crippen LogP contribution in [-0.2, 0) is 6.54 Å². The molecule has 0 aliphatic heterocycles. The number of aryl methyl sites for hydroxylation is 3. The van der Waals surface area contributed by atoms with Crippen LogP contribution >= 0.6 is 0 Å². The number of hydrogen-bond acceptors (Lipinski definition) is 4. The Morgan fingerprint density at radius 2 is 2.11 bits per heavy atom. The lowest BCUT2D eigenvalue weighted by Crippen LogP contribution is -2.19. The van der Waals surface area contributed by atoms with Gasteiger partial charge in [0, 0.05) is 12.7 Å². The first-order valence-corrected chi connectivity index (χ1v) is 6.20. The molecule has 2 aromatic rings. The summed E-state index contributed by atoms with van der Waals surface area (Å²) >= 11 is 0. The zero-order valence-corrected chi connectivity index (χ0v) is 11.1. The Hall–Kier alpha value is -1.75. The quantitative estimate of drug-likeness (QED) is 0.891. The Labute approximate surface area is 107 Å². The molecule has 0 spiro atoms. The minimum atomic E-state index is -0.271. The second-order valence-corrected chi connectivity index (χ2v) is 4.57. The lowest BCUT2D eigenvalue weighted by Gasteiger charge is -2.15. The Bertz CT molecular complexity index is 532. The van der Waals surface area contributed by atoms with Crippen molar-refractivity contribution in [3.63, 3.8) is 0 Å². The molecule has 1 atom stereocenters. The molecule has 0 aliphatic rings. The van der Waals surface area contributed by atoms with Gasteiger partial charge in [-0.3, -0.25) is 4.98 Å². The first kappa shape index (κ1) is 12.7. The lowest BCUT2D eigenvalue weighted by molar-refractivity contribution is 0.540. The number of aromatic nitrogens is 4. The highest BCUT2D eigenvalue weighted by Gasteiger charge is 2.17. The van der Waals surface area contributed by atoms with Gasteiger partial charge in [-0.1, -0.05) is 18.2 Å². The molecule has 5 nitrogen and oxygen atoms in total. The molecule has 0 fully saturated rings. The van der Waals surface area contributed by atoms with Crippen LogP contribution in [0, 0.1) is 13.8 Å². The van der Waals surface area contributed by atoms with E-state index < -0.39 is 0 Å². The summed E-state index contributed by atoms with van der Waals surface area (Å²) < 4.78 is 1.85. The van der Waals surface area contributed by atoms with Crippen molar-refractivity contribution in [2.45, 2.75) is 39.8 Å². The smallest absolute Gasteiger partial charge is 0.0916 e. The molecule has 0 saturated carbocycles. The third-order valence-electron chi connectivity index (χ3n) is 2.95. The average molecular weight is 245 g/mol. The molecule has 0 amide bonds. The molecule has 0 aliphatic carbocycles. The highest BCUT2D eigenvalue weighted by Crippen LogP contribution is 2.20. The van der Waals surface area contributed by atoms with Crippen LogP contribution in [0.3, 0.4) is 0 Å². The van der Waals surface area contributed by atoms with Crippen LogP contribution in [0.2, 0.25) is 0 Å². The minimum absolute atomic E-state index is 0.271. The van der Waals surface area contributed by atoms with Crippen molar-refractivity contribution < 1.29 is 0 Å². The molecule has 2 rings (SSSR count). The van der Waals surface area contributed by atoms with E-state index in [1.54, 1.807) is 6.20 Å². The van der Waals surface area contributed by atoms with Gasteiger partial charge in [0.25, 0.3) is 0 Å².